The molecule has 0 spiro atoms. The molecule has 0 amide bonds. The maximum Gasteiger partial charge on any atom is 0.416 e. The molecule has 0 unspecified atom stereocenters. The number of aromatic amines is 1. The van der Waals surface area contributed by atoms with Gasteiger partial charge in [-0.05, 0) is 36.4 Å². The number of halogens is 6. The Bertz CT molecular complexity index is 855. The second-order valence-corrected chi connectivity index (χ2v) is 5.57. The molecule has 27 heavy (non-hydrogen) atoms. The lowest BCUT2D eigenvalue weighted by atomic mass is 10.2. The van der Waals surface area contributed by atoms with Crippen LogP contribution in [-0.2, 0) is 12.4 Å². The van der Waals surface area contributed by atoms with Gasteiger partial charge in [0, 0.05) is 17.4 Å². The zero-order valence-electron chi connectivity index (χ0n) is 13.4. The molecule has 142 valence electrons. The van der Waals surface area contributed by atoms with Crippen molar-refractivity contribution >= 4 is 23.0 Å². The normalized spacial score (nSPS) is 12.1. The van der Waals surface area contributed by atoms with Gasteiger partial charge in [0.05, 0.1) is 11.1 Å². The molecule has 0 aliphatic heterocycles. The van der Waals surface area contributed by atoms with Crippen molar-refractivity contribution < 1.29 is 26.3 Å². The molecule has 0 radical (unpaired) electrons. The summed E-state index contributed by atoms with van der Waals surface area (Å²) < 4.78 is 76.4. The average molecular weight is 386 g/mol. The summed E-state index contributed by atoms with van der Waals surface area (Å²) in [5.74, 6) is 0.465. The molecule has 2 aromatic carbocycles. The Balaban J connectivity index is 1.73. The smallest absolute Gasteiger partial charge is 0.341 e. The van der Waals surface area contributed by atoms with Crippen molar-refractivity contribution in [1.29, 1.82) is 0 Å². The van der Waals surface area contributed by atoms with Gasteiger partial charge < -0.3 is 10.6 Å². The molecule has 0 fully saturated rings. The summed E-state index contributed by atoms with van der Waals surface area (Å²) in [6, 6.07) is 10.5. The van der Waals surface area contributed by atoms with E-state index in [4.69, 9.17) is 0 Å². The Hall–Kier alpha value is -3.17. The van der Waals surface area contributed by atoms with Crippen LogP contribution in [0.3, 0.4) is 0 Å². The minimum Gasteiger partial charge on any atom is -0.341 e. The second kappa shape index (κ2) is 6.86. The first-order valence-corrected chi connectivity index (χ1v) is 7.55. The van der Waals surface area contributed by atoms with Crippen LogP contribution >= 0.6 is 0 Å². The average Bonchev–Trinajstić information content (AvgIpc) is 3.01. The first-order valence-electron chi connectivity index (χ1n) is 7.55. The monoisotopic (exact) mass is 386 g/mol. The van der Waals surface area contributed by atoms with Crippen molar-refractivity contribution in [2.45, 2.75) is 12.4 Å². The molecule has 0 saturated heterocycles. The number of nitrogens with zero attached hydrogens (tertiary/aromatic N) is 1. The highest BCUT2D eigenvalue weighted by Crippen LogP contribution is 2.32. The fraction of sp³-hybridized carbons (Fsp3) is 0.118. The number of H-pyrrole nitrogens is 1. The third-order valence-corrected chi connectivity index (χ3v) is 3.51. The fourth-order valence-corrected chi connectivity index (χ4v) is 2.30. The van der Waals surface area contributed by atoms with E-state index >= 15 is 0 Å². The van der Waals surface area contributed by atoms with Crippen molar-refractivity contribution in [3.63, 3.8) is 0 Å². The van der Waals surface area contributed by atoms with E-state index in [1.54, 1.807) is 0 Å². The quantitative estimate of drug-likeness (QED) is 0.487. The number of hydrogen-bond acceptors (Lipinski definition) is 3. The predicted octanol–water partition coefficient (Wildman–Crippen LogP) is 5.93. The highest BCUT2D eigenvalue weighted by Gasteiger charge is 2.31. The van der Waals surface area contributed by atoms with E-state index in [2.05, 4.69) is 20.8 Å². The predicted molar refractivity (Wildman–Crippen MR) is 88.0 cm³/mol. The first-order chi connectivity index (χ1) is 12.6. The van der Waals surface area contributed by atoms with Crippen LogP contribution in [0.1, 0.15) is 11.1 Å². The third-order valence-electron chi connectivity index (χ3n) is 3.51. The van der Waals surface area contributed by atoms with E-state index in [9.17, 15) is 26.3 Å². The summed E-state index contributed by atoms with van der Waals surface area (Å²) in [5, 5.41) is 11.8. The van der Waals surface area contributed by atoms with E-state index in [-0.39, 0.29) is 23.0 Å². The number of rotatable bonds is 4. The van der Waals surface area contributed by atoms with Crippen LogP contribution in [0, 0.1) is 0 Å². The highest BCUT2D eigenvalue weighted by atomic mass is 19.4. The standard InChI is InChI=1S/C17H12F6N4/c18-16(19,20)10-3-1-5-12(7-10)24-14-9-15(27-26-14)25-13-6-2-4-11(8-13)17(21,22)23/h1-9H,(H3,24,25,26,27). The Morgan fingerprint density at radius 2 is 1.22 bits per heavy atom. The van der Waals surface area contributed by atoms with Gasteiger partial charge in [0.1, 0.15) is 5.82 Å². The molecule has 4 nitrogen and oxygen atoms in total. The number of anilines is 4. The molecule has 10 heteroatoms. The summed E-state index contributed by atoms with van der Waals surface area (Å²) in [5.41, 5.74) is -1.28. The van der Waals surface area contributed by atoms with Gasteiger partial charge >= 0.3 is 12.4 Å². The molecule has 0 aliphatic carbocycles. The lowest BCUT2D eigenvalue weighted by molar-refractivity contribution is -0.138. The molecule has 1 heterocycles. The number of hydrogen-bond donors (Lipinski definition) is 3. The number of aromatic nitrogens is 2. The van der Waals surface area contributed by atoms with Crippen LogP contribution in [0.5, 0.6) is 0 Å². The van der Waals surface area contributed by atoms with E-state index in [1.807, 2.05) is 0 Å². The number of alkyl halides is 6. The number of benzene rings is 2. The summed E-state index contributed by atoms with van der Waals surface area (Å²) in [6.45, 7) is 0. The molecule has 0 bridgehead atoms. The van der Waals surface area contributed by atoms with Crippen LogP contribution in [0.25, 0.3) is 0 Å². The lowest BCUT2D eigenvalue weighted by Gasteiger charge is -2.09. The first kappa shape index (κ1) is 18.6. The van der Waals surface area contributed by atoms with E-state index in [0.29, 0.717) is 0 Å². The second-order valence-electron chi connectivity index (χ2n) is 5.57. The third kappa shape index (κ3) is 4.72. The van der Waals surface area contributed by atoms with E-state index < -0.39 is 23.5 Å². The minimum atomic E-state index is -4.47. The minimum absolute atomic E-state index is 0.168. The van der Waals surface area contributed by atoms with Crippen molar-refractivity contribution in [1.82, 2.24) is 10.2 Å². The Morgan fingerprint density at radius 1 is 0.704 bits per heavy atom. The van der Waals surface area contributed by atoms with Gasteiger partial charge in [0.25, 0.3) is 0 Å². The maximum absolute atomic E-state index is 12.7. The molecule has 3 aromatic rings. The van der Waals surface area contributed by atoms with Crippen LogP contribution < -0.4 is 10.6 Å². The van der Waals surface area contributed by atoms with Crippen LogP contribution in [0.2, 0.25) is 0 Å². The summed E-state index contributed by atoms with van der Waals surface area (Å²) >= 11 is 0. The Labute approximate surface area is 149 Å². The maximum atomic E-state index is 12.7. The van der Waals surface area contributed by atoms with Gasteiger partial charge in [0.15, 0.2) is 5.82 Å². The SMILES string of the molecule is FC(F)(F)c1cccc(Nc2cc(Nc3cccc(C(F)(F)F)c3)[nH]n2)c1. The van der Waals surface area contributed by atoms with Gasteiger partial charge in [-0.2, -0.15) is 31.4 Å². The largest absolute Gasteiger partial charge is 0.416 e. The molecular weight excluding hydrogens is 374 g/mol. The zero-order chi connectivity index (χ0) is 19.7. The van der Waals surface area contributed by atoms with E-state index in [1.165, 1.54) is 30.3 Å². The summed E-state index contributed by atoms with van der Waals surface area (Å²) in [4.78, 5) is 0. The molecule has 3 N–H and O–H groups in total. The van der Waals surface area contributed by atoms with E-state index in [0.717, 1.165) is 24.3 Å². The van der Waals surface area contributed by atoms with Gasteiger partial charge in [-0.15, -0.1) is 0 Å². The Kier molecular flexibility index (Phi) is 4.73. The van der Waals surface area contributed by atoms with Crippen molar-refractivity contribution in [3.05, 3.63) is 65.7 Å². The van der Waals surface area contributed by atoms with Crippen molar-refractivity contribution in [2.75, 3.05) is 10.6 Å². The Morgan fingerprint density at radius 3 is 1.74 bits per heavy atom. The van der Waals surface area contributed by atoms with Gasteiger partial charge in [-0.1, -0.05) is 12.1 Å². The van der Waals surface area contributed by atoms with Crippen LogP contribution in [0.4, 0.5) is 49.4 Å². The van der Waals surface area contributed by atoms with Gasteiger partial charge in [0.2, 0.25) is 0 Å². The van der Waals surface area contributed by atoms with Crippen molar-refractivity contribution in [2.24, 2.45) is 0 Å². The summed E-state index contributed by atoms with van der Waals surface area (Å²) in [6.07, 6.45) is -8.94. The fourth-order valence-electron chi connectivity index (χ4n) is 2.30. The van der Waals surface area contributed by atoms with Crippen LogP contribution in [-0.4, -0.2) is 10.2 Å². The molecule has 3 rings (SSSR count). The van der Waals surface area contributed by atoms with Gasteiger partial charge in [-0.25, -0.2) is 0 Å². The lowest BCUT2D eigenvalue weighted by Crippen LogP contribution is -2.05. The van der Waals surface area contributed by atoms with Crippen molar-refractivity contribution in [3.8, 4) is 0 Å². The molecule has 0 atom stereocenters. The zero-order valence-corrected chi connectivity index (χ0v) is 13.4. The topological polar surface area (TPSA) is 52.7 Å². The summed E-state index contributed by atoms with van der Waals surface area (Å²) in [7, 11) is 0. The number of nitrogens with one attached hydrogen (secondary N) is 3. The molecular formula is C17H12F6N4. The van der Waals surface area contributed by atoms with Gasteiger partial charge in [-0.3, -0.25) is 5.10 Å². The molecule has 1 aromatic heterocycles. The molecule has 0 saturated carbocycles. The highest BCUT2D eigenvalue weighted by molar-refractivity contribution is 5.64. The molecule has 0 aliphatic rings. The van der Waals surface area contributed by atoms with Crippen LogP contribution in [0.15, 0.2) is 54.6 Å².